The van der Waals surface area contributed by atoms with Crippen molar-refractivity contribution in [2.24, 2.45) is 0 Å². The van der Waals surface area contributed by atoms with Crippen molar-refractivity contribution < 1.29 is 39.5 Å². The van der Waals surface area contributed by atoms with E-state index in [4.69, 9.17) is 0 Å². The van der Waals surface area contributed by atoms with Gasteiger partial charge in [0, 0.05) is 0 Å². The molecule has 0 nitrogen and oxygen atoms in total. The Morgan fingerprint density at radius 3 is 0.857 bits per heavy atom. The summed E-state index contributed by atoms with van der Waals surface area (Å²) >= 11 is 0. The summed E-state index contributed by atoms with van der Waals surface area (Å²) in [5.74, 6) is -25.2. The Balaban J connectivity index is 3.38. The quantitative estimate of drug-likeness (QED) is 0.444. The Morgan fingerprint density at radius 2 is 0.786 bits per heavy atom. The van der Waals surface area contributed by atoms with Crippen LogP contribution in [-0.4, -0.2) is 23.7 Å². The highest BCUT2D eigenvalue weighted by atomic mass is 19.4. The summed E-state index contributed by atoms with van der Waals surface area (Å²) in [7, 11) is 0. The average Bonchev–Trinajstić information content (AvgIpc) is 2.05. The molecule has 1 rings (SSSR count). The maximum absolute atomic E-state index is 12.0. The molecule has 0 unspecified atom stereocenters. The number of alkyl halides is 8. The molecule has 84 valence electrons. The lowest BCUT2D eigenvalue weighted by atomic mass is 10.2. The van der Waals surface area contributed by atoms with Gasteiger partial charge in [-0.05, 0) is 6.17 Å². The van der Waals surface area contributed by atoms with Crippen LogP contribution in [0.1, 0.15) is 0 Å². The first-order chi connectivity index (χ1) is 5.90. The molecular weight excluding hydrogens is 231 g/mol. The Bertz CT molecular complexity index is 228. The van der Waals surface area contributed by atoms with Gasteiger partial charge < -0.3 is 4.39 Å². The first kappa shape index (κ1) is 11.4. The van der Waals surface area contributed by atoms with E-state index in [1.165, 1.54) is 0 Å². The van der Waals surface area contributed by atoms with Crippen LogP contribution in [0.3, 0.4) is 0 Å². The van der Waals surface area contributed by atoms with Gasteiger partial charge in [0.1, 0.15) is 0 Å². The first-order valence-corrected chi connectivity index (χ1v) is 2.95. The smallest absolute Gasteiger partial charge is 0.349 e. The van der Waals surface area contributed by atoms with Crippen molar-refractivity contribution in [1.29, 1.82) is 0 Å². The van der Waals surface area contributed by atoms with Crippen molar-refractivity contribution in [1.82, 2.24) is 0 Å². The van der Waals surface area contributed by atoms with Crippen molar-refractivity contribution >= 4 is 0 Å². The van der Waals surface area contributed by atoms with Crippen LogP contribution in [0.15, 0.2) is 0 Å². The number of rotatable bonds is 0. The molecule has 0 heterocycles. The Morgan fingerprint density at radius 1 is 0.571 bits per heavy atom. The lowest BCUT2D eigenvalue weighted by Crippen LogP contribution is -2.51. The van der Waals surface area contributed by atoms with Gasteiger partial charge in [-0.1, -0.05) is 0 Å². The monoisotopic (exact) mass is 231 g/mol. The molecular formula is C5F9-. The Kier molecular flexibility index (Phi) is 1.88. The highest BCUT2D eigenvalue weighted by molar-refractivity contribution is 5.28. The SMILES string of the molecule is F[C-]1C(F)(F)C(F)(F)C(F)(F)C1(F)F. The molecule has 0 radical (unpaired) electrons. The largest absolute Gasteiger partial charge is 0.444 e. The van der Waals surface area contributed by atoms with Crippen LogP contribution in [0.25, 0.3) is 0 Å². The van der Waals surface area contributed by atoms with E-state index < -0.39 is 29.9 Å². The zero-order chi connectivity index (χ0) is 11.6. The van der Waals surface area contributed by atoms with E-state index in [1.807, 2.05) is 0 Å². The molecule has 14 heavy (non-hydrogen) atoms. The van der Waals surface area contributed by atoms with Crippen molar-refractivity contribution in [3.63, 3.8) is 0 Å². The van der Waals surface area contributed by atoms with Crippen molar-refractivity contribution in [3.05, 3.63) is 6.17 Å². The predicted molar refractivity (Wildman–Crippen MR) is 24.1 cm³/mol. The molecule has 0 bridgehead atoms. The molecule has 0 N–H and O–H groups in total. The standard InChI is InChI=1S/C5F9/c6-1-2(7,8)4(11,12)5(13,14)3(1,9)10/q-1. The molecule has 0 aromatic carbocycles. The van der Waals surface area contributed by atoms with E-state index in [9.17, 15) is 39.5 Å². The number of hydrogen-bond acceptors (Lipinski definition) is 0. The average molecular weight is 231 g/mol. The van der Waals surface area contributed by atoms with Gasteiger partial charge in [-0.25, -0.2) is 17.6 Å². The van der Waals surface area contributed by atoms with Gasteiger partial charge in [-0.15, -0.1) is 0 Å². The fourth-order valence-corrected chi connectivity index (χ4v) is 0.867. The summed E-state index contributed by atoms with van der Waals surface area (Å²) in [5.41, 5.74) is 0. The fourth-order valence-electron chi connectivity index (χ4n) is 0.867. The number of hydrogen-bond donors (Lipinski definition) is 0. The first-order valence-electron chi connectivity index (χ1n) is 2.95. The molecule has 1 fully saturated rings. The van der Waals surface area contributed by atoms with Crippen LogP contribution >= 0.6 is 0 Å². The maximum atomic E-state index is 12.0. The summed E-state index contributed by atoms with van der Waals surface area (Å²) in [6, 6.07) is 0. The molecule has 1 aliphatic rings. The van der Waals surface area contributed by atoms with E-state index in [2.05, 4.69) is 0 Å². The van der Waals surface area contributed by atoms with Gasteiger partial charge in [0.2, 0.25) is 11.8 Å². The summed E-state index contributed by atoms with van der Waals surface area (Å²) < 4.78 is 108. The Labute approximate surface area is 70.7 Å². The van der Waals surface area contributed by atoms with E-state index >= 15 is 0 Å². The second kappa shape index (κ2) is 2.30. The molecule has 0 aromatic rings. The van der Waals surface area contributed by atoms with Crippen LogP contribution in [0, 0.1) is 6.17 Å². The van der Waals surface area contributed by atoms with E-state index in [1.54, 1.807) is 0 Å². The van der Waals surface area contributed by atoms with Crippen molar-refractivity contribution in [2.45, 2.75) is 23.7 Å². The Hall–Kier alpha value is -0.630. The molecule has 9 heteroatoms. The van der Waals surface area contributed by atoms with Crippen LogP contribution in [-0.2, 0) is 0 Å². The highest BCUT2D eigenvalue weighted by Gasteiger charge is 2.86. The molecule has 1 aliphatic carbocycles. The zero-order valence-electron chi connectivity index (χ0n) is 5.90. The minimum absolute atomic E-state index is 4.01. The normalized spacial score (nSPS) is 33.2. The molecule has 0 amide bonds. The van der Waals surface area contributed by atoms with Gasteiger partial charge in [-0.2, -0.15) is 17.6 Å². The van der Waals surface area contributed by atoms with Crippen LogP contribution < -0.4 is 0 Å². The van der Waals surface area contributed by atoms with Gasteiger partial charge in [0.15, 0.2) is 0 Å². The lowest BCUT2D eigenvalue weighted by molar-refractivity contribution is -0.303. The van der Waals surface area contributed by atoms with Crippen molar-refractivity contribution in [2.75, 3.05) is 0 Å². The third-order valence-electron chi connectivity index (χ3n) is 1.73. The predicted octanol–water partition coefficient (Wildman–Crippen LogP) is 3.04. The molecule has 0 spiro atoms. The summed E-state index contributed by atoms with van der Waals surface area (Å²) in [6.07, 6.45) is -4.01. The molecule has 0 aliphatic heterocycles. The lowest BCUT2D eigenvalue weighted by Gasteiger charge is -2.28. The maximum Gasteiger partial charge on any atom is 0.349 e. The van der Waals surface area contributed by atoms with E-state index in [0.717, 1.165) is 0 Å². The highest BCUT2D eigenvalue weighted by Crippen LogP contribution is 2.67. The van der Waals surface area contributed by atoms with E-state index in [-0.39, 0.29) is 0 Å². The molecule has 0 saturated heterocycles. The van der Waals surface area contributed by atoms with E-state index in [0.29, 0.717) is 0 Å². The van der Waals surface area contributed by atoms with Gasteiger partial charge in [0.05, 0.1) is 0 Å². The molecule has 0 atom stereocenters. The van der Waals surface area contributed by atoms with Crippen LogP contribution in [0.4, 0.5) is 39.5 Å². The van der Waals surface area contributed by atoms with Crippen molar-refractivity contribution in [3.8, 4) is 0 Å². The second-order valence-electron chi connectivity index (χ2n) is 2.61. The van der Waals surface area contributed by atoms with Crippen LogP contribution in [0.2, 0.25) is 0 Å². The van der Waals surface area contributed by atoms with Crippen LogP contribution in [0.5, 0.6) is 0 Å². The summed E-state index contributed by atoms with van der Waals surface area (Å²) in [6.45, 7) is 0. The second-order valence-corrected chi connectivity index (χ2v) is 2.61. The molecule has 1 saturated carbocycles. The fraction of sp³-hybridized carbons (Fsp3) is 0.800. The van der Waals surface area contributed by atoms with Gasteiger partial charge in [-0.3, -0.25) is 0 Å². The summed E-state index contributed by atoms with van der Waals surface area (Å²) in [5, 5.41) is 0. The molecule has 0 aromatic heterocycles. The minimum atomic E-state index is -6.44. The number of halogens is 9. The third-order valence-corrected chi connectivity index (χ3v) is 1.73. The van der Waals surface area contributed by atoms with Gasteiger partial charge in [0.25, 0.3) is 0 Å². The topological polar surface area (TPSA) is 0 Å². The third kappa shape index (κ3) is 0.830. The minimum Gasteiger partial charge on any atom is -0.444 e. The summed E-state index contributed by atoms with van der Waals surface area (Å²) in [4.78, 5) is 0. The van der Waals surface area contributed by atoms with Gasteiger partial charge >= 0.3 is 11.8 Å². The zero-order valence-corrected chi connectivity index (χ0v) is 5.90.